The summed E-state index contributed by atoms with van der Waals surface area (Å²) in [6.07, 6.45) is 9.49. The van der Waals surface area contributed by atoms with Gasteiger partial charge in [0.1, 0.15) is 5.78 Å². The summed E-state index contributed by atoms with van der Waals surface area (Å²) in [5.41, 5.74) is 4.24. The molecule has 0 radical (unpaired) electrons. The van der Waals surface area contributed by atoms with Crippen LogP contribution in [0.5, 0.6) is 0 Å². The number of hydrogen-bond donors (Lipinski definition) is 1. The van der Waals surface area contributed by atoms with Crippen LogP contribution < -0.4 is 0 Å². The van der Waals surface area contributed by atoms with E-state index >= 15 is 0 Å². The van der Waals surface area contributed by atoms with Gasteiger partial charge in [0.2, 0.25) is 0 Å². The van der Waals surface area contributed by atoms with Crippen molar-refractivity contribution in [2.24, 2.45) is 33.5 Å². The fourth-order valence-electron chi connectivity index (χ4n) is 8.87. The van der Waals surface area contributed by atoms with E-state index in [-0.39, 0.29) is 38.9 Å². The molecule has 4 aliphatic rings. The van der Waals surface area contributed by atoms with Crippen molar-refractivity contribution in [1.29, 1.82) is 0 Å². The Kier molecular flexibility index (Phi) is 5.94. The van der Waals surface area contributed by atoms with Crippen LogP contribution >= 0.6 is 0 Å². The first-order valence-corrected chi connectivity index (χ1v) is 13.1. The van der Waals surface area contributed by atoms with Crippen LogP contribution in [0.3, 0.4) is 0 Å². The van der Waals surface area contributed by atoms with Gasteiger partial charge in [-0.05, 0) is 80.6 Å². The first-order valence-electron chi connectivity index (χ1n) is 13.1. The predicted octanol–water partition coefficient (Wildman–Crippen LogP) is 6.85. The lowest BCUT2D eigenvalue weighted by Crippen LogP contribution is -2.50. The van der Waals surface area contributed by atoms with Crippen molar-refractivity contribution >= 4 is 17.5 Å². The van der Waals surface area contributed by atoms with Crippen LogP contribution in [0.25, 0.3) is 0 Å². The molecule has 4 aliphatic carbocycles. The standard InChI is InChI=1S/C30H42O4/c1-18(26(33)34)16-21(31)17-20(3)29(7)14-10-19(2)30(29)15-11-22-23(30)8-9-24-27(4,5)25(32)12-13-28(22,24)6/h16,20,24H,2,8-15,17H2,1,3-7H3,(H,33,34)/b18-16+/t20-,24+,28-,29+,30+/m1/s1. The predicted molar refractivity (Wildman–Crippen MR) is 134 cm³/mol. The highest BCUT2D eigenvalue weighted by Gasteiger charge is 2.64. The number of Topliss-reactive ketones (excluding diaryl/α,β-unsaturated/α-hetero) is 1. The monoisotopic (exact) mass is 466 g/mol. The molecule has 0 saturated heterocycles. The number of ketones is 2. The Morgan fingerprint density at radius 3 is 2.38 bits per heavy atom. The van der Waals surface area contributed by atoms with Gasteiger partial charge in [-0.2, -0.15) is 0 Å². The van der Waals surface area contributed by atoms with Crippen LogP contribution in [0.15, 0.2) is 34.9 Å². The molecule has 2 fully saturated rings. The minimum absolute atomic E-state index is 0.0681. The van der Waals surface area contributed by atoms with E-state index in [9.17, 15) is 19.5 Å². The van der Waals surface area contributed by atoms with Gasteiger partial charge in [-0.1, -0.05) is 57.9 Å². The third-order valence-corrected chi connectivity index (χ3v) is 11.1. The molecule has 0 amide bonds. The fourth-order valence-corrected chi connectivity index (χ4v) is 8.87. The number of carbonyl (C=O) groups is 3. The van der Waals surface area contributed by atoms with Crippen molar-refractivity contribution in [1.82, 2.24) is 0 Å². The molecule has 4 rings (SSSR count). The van der Waals surface area contributed by atoms with Crippen LogP contribution in [0, 0.1) is 33.5 Å². The van der Waals surface area contributed by atoms with Crippen LogP contribution in [0.2, 0.25) is 0 Å². The van der Waals surface area contributed by atoms with E-state index in [1.807, 2.05) is 0 Å². The molecule has 34 heavy (non-hydrogen) atoms. The first-order chi connectivity index (χ1) is 15.7. The van der Waals surface area contributed by atoms with Crippen molar-refractivity contribution in [3.63, 3.8) is 0 Å². The van der Waals surface area contributed by atoms with Gasteiger partial charge in [0.15, 0.2) is 5.78 Å². The number of allylic oxidation sites excluding steroid dienone is 4. The van der Waals surface area contributed by atoms with Crippen molar-refractivity contribution in [2.45, 2.75) is 99.3 Å². The van der Waals surface area contributed by atoms with Gasteiger partial charge in [-0.3, -0.25) is 9.59 Å². The van der Waals surface area contributed by atoms with Gasteiger partial charge >= 0.3 is 5.97 Å². The highest BCUT2D eigenvalue weighted by atomic mass is 16.4. The molecule has 0 heterocycles. The molecule has 186 valence electrons. The van der Waals surface area contributed by atoms with Gasteiger partial charge in [0.25, 0.3) is 0 Å². The van der Waals surface area contributed by atoms with Crippen molar-refractivity contribution < 1.29 is 19.5 Å². The Hall–Kier alpha value is -1.97. The summed E-state index contributed by atoms with van der Waals surface area (Å²) in [5.74, 6) is -0.212. The largest absolute Gasteiger partial charge is 0.478 e. The third-order valence-electron chi connectivity index (χ3n) is 11.1. The van der Waals surface area contributed by atoms with Crippen LogP contribution in [-0.2, 0) is 14.4 Å². The summed E-state index contributed by atoms with van der Waals surface area (Å²) in [6, 6.07) is 0. The SMILES string of the molecule is C=C1CC[C@@](C)([C@H](C)CC(=O)/C=C(\C)C(=O)O)[C@@]12CCC1=C2CC[C@H]2C(C)(C)C(=O)CC[C@]12C. The Balaban J connectivity index is 1.72. The molecule has 0 aromatic rings. The molecule has 0 aromatic heterocycles. The molecular formula is C30H42O4. The van der Waals surface area contributed by atoms with E-state index in [0.717, 1.165) is 44.9 Å². The molecule has 0 aliphatic heterocycles. The highest BCUT2D eigenvalue weighted by molar-refractivity contribution is 5.98. The summed E-state index contributed by atoms with van der Waals surface area (Å²) in [6.45, 7) is 17.4. The smallest absolute Gasteiger partial charge is 0.331 e. The summed E-state index contributed by atoms with van der Waals surface area (Å²) in [4.78, 5) is 36.8. The van der Waals surface area contributed by atoms with Gasteiger partial charge in [-0.15, -0.1) is 0 Å². The molecule has 1 spiro atoms. The van der Waals surface area contributed by atoms with Crippen LogP contribution in [-0.4, -0.2) is 22.6 Å². The highest BCUT2D eigenvalue weighted by Crippen LogP contribution is 2.73. The normalized spacial score (nSPS) is 38.2. The molecule has 0 bridgehead atoms. The molecule has 2 saturated carbocycles. The number of fused-ring (bicyclic) bond motifs is 3. The molecule has 4 heteroatoms. The third kappa shape index (κ3) is 3.27. The number of carboxylic acid groups (broad SMARTS) is 1. The Morgan fingerprint density at radius 1 is 1.06 bits per heavy atom. The van der Waals surface area contributed by atoms with Crippen LogP contribution in [0.1, 0.15) is 99.3 Å². The van der Waals surface area contributed by atoms with Crippen molar-refractivity contribution in [3.05, 3.63) is 34.9 Å². The average Bonchev–Trinajstić information content (AvgIpc) is 3.27. The minimum Gasteiger partial charge on any atom is -0.478 e. The zero-order valence-corrected chi connectivity index (χ0v) is 22.0. The second-order valence-electron chi connectivity index (χ2n) is 12.7. The fraction of sp³-hybridized carbons (Fsp3) is 0.700. The van der Waals surface area contributed by atoms with E-state index in [2.05, 4.69) is 41.2 Å². The number of carbonyl (C=O) groups excluding carboxylic acids is 2. The number of aliphatic carboxylic acids is 1. The van der Waals surface area contributed by atoms with E-state index < -0.39 is 5.97 Å². The Labute approximate surface area is 205 Å². The second-order valence-corrected chi connectivity index (χ2v) is 12.7. The lowest BCUT2D eigenvalue weighted by atomic mass is 9.48. The van der Waals surface area contributed by atoms with Crippen molar-refractivity contribution in [2.75, 3.05) is 0 Å². The summed E-state index contributed by atoms with van der Waals surface area (Å²) < 4.78 is 0. The van der Waals surface area contributed by atoms with Gasteiger partial charge in [0.05, 0.1) is 0 Å². The molecular weight excluding hydrogens is 424 g/mol. The Bertz CT molecular complexity index is 1030. The molecule has 4 nitrogen and oxygen atoms in total. The summed E-state index contributed by atoms with van der Waals surface area (Å²) in [5, 5.41) is 9.17. The zero-order chi connectivity index (χ0) is 25.3. The lowest BCUT2D eigenvalue weighted by molar-refractivity contribution is -0.139. The average molecular weight is 467 g/mol. The van der Waals surface area contributed by atoms with Gasteiger partial charge < -0.3 is 5.11 Å². The second kappa shape index (κ2) is 8.03. The molecule has 5 atom stereocenters. The lowest BCUT2D eigenvalue weighted by Gasteiger charge is -2.55. The summed E-state index contributed by atoms with van der Waals surface area (Å²) in [7, 11) is 0. The molecule has 0 aromatic carbocycles. The van der Waals surface area contributed by atoms with Crippen LogP contribution in [0.4, 0.5) is 0 Å². The summed E-state index contributed by atoms with van der Waals surface area (Å²) >= 11 is 0. The van der Waals surface area contributed by atoms with Gasteiger partial charge in [-0.25, -0.2) is 4.79 Å². The van der Waals surface area contributed by atoms with E-state index in [4.69, 9.17) is 0 Å². The molecule has 0 unspecified atom stereocenters. The van der Waals surface area contributed by atoms with Gasteiger partial charge in [0, 0.05) is 29.2 Å². The Morgan fingerprint density at radius 2 is 1.74 bits per heavy atom. The maximum absolute atomic E-state index is 12.8. The minimum atomic E-state index is -1.04. The number of rotatable bonds is 5. The quantitative estimate of drug-likeness (QED) is 0.355. The number of hydrogen-bond acceptors (Lipinski definition) is 3. The zero-order valence-electron chi connectivity index (χ0n) is 22.0. The maximum atomic E-state index is 12.8. The topological polar surface area (TPSA) is 71.4 Å². The number of carboxylic acids is 1. The van der Waals surface area contributed by atoms with E-state index in [1.54, 1.807) is 11.1 Å². The van der Waals surface area contributed by atoms with E-state index in [1.165, 1.54) is 18.6 Å². The molecule has 1 N–H and O–H groups in total. The first kappa shape index (κ1) is 25.1. The maximum Gasteiger partial charge on any atom is 0.331 e. The van der Waals surface area contributed by atoms with Crippen molar-refractivity contribution in [3.8, 4) is 0 Å². The van der Waals surface area contributed by atoms with E-state index in [0.29, 0.717) is 24.5 Å².